The number of non-ortho nitro benzene ring substituents is 1. The Hall–Kier alpha value is -1.66. The molecule has 2 rings (SSSR count). The topological polar surface area (TPSA) is 81.5 Å². The van der Waals surface area contributed by atoms with Gasteiger partial charge in [-0.05, 0) is 24.1 Å². The second kappa shape index (κ2) is 6.49. The molecule has 19 heavy (non-hydrogen) atoms. The molecular formula is C12H15ClN2O4. The zero-order valence-corrected chi connectivity index (χ0v) is 11.2. The average Bonchev–Trinajstić information content (AvgIpc) is 2.38. The Labute approximate surface area is 116 Å². The highest BCUT2D eigenvalue weighted by Crippen LogP contribution is 2.29. The fourth-order valence-corrected chi connectivity index (χ4v) is 2.17. The zero-order valence-electron chi connectivity index (χ0n) is 10.4. The van der Waals surface area contributed by atoms with Crippen LogP contribution in [0.25, 0.3) is 0 Å². The molecule has 0 saturated carbocycles. The molecule has 0 saturated heterocycles. The molecule has 1 heterocycles. The van der Waals surface area contributed by atoms with E-state index in [9.17, 15) is 14.9 Å². The van der Waals surface area contributed by atoms with E-state index in [0.717, 1.165) is 24.1 Å². The third-order valence-electron chi connectivity index (χ3n) is 3.10. The van der Waals surface area contributed by atoms with Crippen molar-refractivity contribution in [3.63, 3.8) is 0 Å². The summed E-state index contributed by atoms with van der Waals surface area (Å²) in [5, 5.41) is 13.9. The number of hydrogen-bond acceptors (Lipinski definition) is 5. The molecule has 0 aliphatic carbocycles. The number of esters is 1. The number of ether oxygens (including phenoxy) is 1. The van der Waals surface area contributed by atoms with Crippen LogP contribution in [0.4, 0.5) is 5.69 Å². The van der Waals surface area contributed by atoms with Gasteiger partial charge in [0.25, 0.3) is 5.69 Å². The van der Waals surface area contributed by atoms with Crippen molar-refractivity contribution in [2.24, 2.45) is 0 Å². The molecule has 0 aromatic heterocycles. The van der Waals surface area contributed by atoms with Gasteiger partial charge in [0.15, 0.2) is 0 Å². The van der Waals surface area contributed by atoms with Crippen molar-refractivity contribution < 1.29 is 14.5 Å². The highest BCUT2D eigenvalue weighted by Gasteiger charge is 2.24. The van der Waals surface area contributed by atoms with E-state index in [4.69, 9.17) is 0 Å². The van der Waals surface area contributed by atoms with Crippen molar-refractivity contribution in [3.05, 3.63) is 39.4 Å². The first-order valence-corrected chi connectivity index (χ1v) is 5.69. The van der Waals surface area contributed by atoms with Crippen LogP contribution in [0.15, 0.2) is 18.2 Å². The van der Waals surface area contributed by atoms with Crippen LogP contribution >= 0.6 is 12.4 Å². The lowest BCUT2D eigenvalue weighted by molar-refractivity contribution is -0.385. The number of nitrogens with zero attached hydrogens (tertiary/aromatic N) is 1. The summed E-state index contributed by atoms with van der Waals surface area (Å²) in [6.07, 6.45) is 0.996. The van der Waals surface area contributed by atoms with E-state index >= 15 is 0 Å². The fraction of sp³-hybridized carbons (Fsp3) is 0.417. The maximum atomic E-state index is 11.3. The molecule has 1 aliphatic heterocycles. The van der Waals surface area contributed by atoms with Crippen molar-refractivity contribution in [3.8, 4) is 0 Å². The van der Waals surface area contributed by atoms with Gasteiger partial charge in [-0.15, -0.1) is 12.4 Å². The van der Waals surface area contributed by atoms with Gasteiger partial charge in [0.05, 0.1) is 18.5 Å². The summed E-state index contributed by atoms with van der Waals surface area (Å²) in [6, 6.07) is 4.59. The molecule has 0 bridgehead atoms. The van der Waals surface area contributed by atoms with Gasteiger partial charge < -0.3 is 10.1 Å². The van der Waals surface area contributed by atoms with E-state index in [1.165, 1.54) is 19.2 Å². The molecule has 1 aromatic rings. The maximum Gasteiger partial charge on any atom is 0.307 e. The molecule has 1 N–H and O–H groups in total. The van der Waals surface area contributed by atoms with Crippen LogP contribution in [-0.4, -0.2) is 24.5 Å². The largest absolute Gasteiger partial charge is 0.469 e. The van der Waals surface area contributed by atoms with Gasteiger partial charge in [0.2, 0.25) is 0 Å². The number of methoxy groups -OCH3 is 1. The minimum absolute atomic E-state index is 0. The first-order chi connectivity index (χ1) is 8.61. The van der Waals surface area contributed by atoms with Crippen LogP contribution < -0.4 is 5.32 Å². The lowest BCUT2D eigenvalue weighted by Crippen LogP contribution is -2.31. The SMILES string of the molecule is COC(=O)CC1NCCc2ccc([N+](=O)[O-])cc21.Cl. The molecule has 6 nitrogen and oxygen atoms in total. The maximum absolute atomic E-state index is 11.3. The van der Waals surface area contributed by atoms with Crippen LogP contribution in [-0.2, 0) is 16.0 Å². The van der Waals surface area contributed by atoms with Gasteiger partial charge in [-0.2, -0.15) is 0 Å². The molecule has 104 valence electrons. The molecule has 7 heteroatoms. The number of benzene rings is 1. The number of halogens is 1. The molecule has 1 atom stereocenters. The second-order valence-electron chi connectivity index (χ2n) is 4.18. The minimum Gasteiger partial charge on any atom is -0.469 e. The normalized spacial score (nSPS) is 17.0. The fourth-order valence-electron chi connectivity index (χ4n) is 2.17. The third kappa shape index (κ3) is 3.42. The molecule has 0 amide bonds. The summed E-state index contributed by atoms with van der Waals surface area (Å²) in [6.45, 7) is 0.756. The molecule has 0 fully saturated rings. The number of fused-ring (bicyclic) bond motifs is 1. The van der Waals surface area contributed by atoms with Gasteiger partial charge in [-0.3, -0.25) is 14.9 Å². The number of nitro groups is 1. The Balaban J connectivity index is 0.00000180. The number of rotatable bonds is 3. The zero-order chi connectivity index (χ0) is 13.1. The van der Waals surface area contributed by atoms with Crippen LogP contribution in [0.5, 0.6) is 0 Å². The van der Waals surface area contributed by atoms with Crippen molar-refractivity contribution >= 4 is 24.1 Å². The highest BCUT2D eigenvalue weighted by atomic mass is 35.5. The Morgan fingerprint density at radius 1 is 1.58 bits per heavy atom. The summed E-state index contributed by atoms with van der Waals surface area (Å²) in [4.78, 5) is 21.7. The van der Waals surface area contributed by atoms with Crippen LogP contribution in [0.1, 0.15) is 23.6 Å². The summed E-state index contributed by atoms with van der Waals surface area (Å²) in [5.41, 5.74) is 1.92. The van der Waals surface area contributed by atoms with Crippen molar-refractivity contribution in [2.75, 3.05) is 13.7 Å². The summed E-state index contributed by atoms with van der Waals surface area (Å²) in [7, 11) is 1.33. The van der Waals surface area contributed by atoms with Crippen LogP contribution in [0.3, 0.4) is 0 Å². The Kier molecular flexibility index (Phi) is 5.26. The minimum atomic E-state index is -0.427. The van der Waals surface area contributed by atoms with E-state index in [0.29, 0.717) is 0 Å². The monoisotopic (exact) mass is 286 g/mol. The number of nitro benzene ring substituents is 1. The summed E-state index contributed by atoms with van der Waals surface area (Å²) >= 11 is 0. The lowest BCUT2D eigenvalue weighted by atomic mass is 9.92. The van der Waals surface area contributed by atoms with Gasteiger partial charge in [0, 0.05) is 18.2 Å². The van der Waals surface area contributed by atoms with Gasteiger partial charge in [-0.1, -0.05) is 6.07 Å². The number of carbonyl (C=O) groups is 1. The highest BCUT2D eigenvalue weighted by molar-refractivity contribution is 5.85. The number of hydrogen-bond donors (Lipinski definition) is 1. The first kappa shape index (κ1) is 15.4. The number of nitrogens with one attached hydrogen (secondary N) is 1. The molecule has 0 radical (unpaired) electrons. The van der Waals surface area contributed by atoms with Gasteiger partial charge >= 0.3 is 5.97 Å². The van der Waals surface area contributed by atoms with Gasteiger partial charge in [-0.25, -0.2) is 0 Å². The Bertz CT molecular complexity index is 493. The van der Waals surface area contributed by atoms with E-state index < -0.39 is 4.92 Å². The van der Waals surface area contributed by atoms with E-state index in [2.05, 4.69) is 10.1 Å². The average molecular weight is 287 g/mol. The van der Waals surface area contributed by atoms with Crippen molar-refractivity contribution in [1.82, 2.24) is 5.32 Å². The van der Waals surface area contributed by atoms with Crippen LogP contribution in [0.2, 0.25) is 0 Å². The molecule has 1 aromatic carbocycles. The first-order valence-electron chi connectivity index (χ1n) is 5.69. The number of carbonyl (C=O) groups excluding carboxylic acids is 1. The standard InChI is InChI=1S/C12H14N2O4.ClH/c1-18-12(15)7-11-10-6-9(14(16)17)3-2-8(10)4-5-13-11;/h2-3,6,11,13H,4-5,7H2,1H3;1H. The molecular weight excluding hydrogens is 272 g/mol. The molecule has 1 aliphatic rings. The lowest BCUT2D eigenvalue weighted by Gasteiger charge is -2.25. The van der Waals surface area contributed by atoms with E-state index in [1.54, 1.807) is 6.07 Å². The van der Waals surface area contributed by atoms with Crippen molar-refractivity contribution in [2.45, 2.75) is 18.9 Å². The predicted molar refractivity (Wildman–Crippen MR) is 71.4 cm³/mol. The Morgan fingerprint density at radius 3 is 2.95 bits per heavy atom. The Morgan fingerprint density at radius 2 is 2.32 bits per heavy atom. The van der Waals surface area contributed by atoms with Crippen molar-refractivity contribution in [1.29, 1.82) is 0 Å². The van der Waals surface area contributed by atoms with Gasteiger partial charge in [0.1, 0.15) is 0 Å². The van der Waals surface area contributed by atoms with E-state index in [1.807, 2.05) is 0 Å². The predicted octanol–water partition coefficient (Wildman–Crippen LogP) is 1.77. The molecule has 1 unspecified atom stereocenters. The summed E-state index contributed by atoms with van der Waals surface area (Å²) in [5.74, 6) is -0.327. The molecule has 0 spiro atoms. The smallest absolute Gasteiger partial charge is 0.307 e. The van der Waals surface area contributed by atoms with E-state index in [-0.39, 0.29) is 36.5 Å². The quantitative estimate of drug-likeness (QED) is 0.520. The third-order valence-corrected chi connectivity index (χ3v) is 3.10. The van der Waals surface area contributed by atoms with Crippen LogP contribution in [0, 0.1) is 10.1 Å². The second-order valence-corrected chi connectivity index (χ2v) is 4.18. The summed E-state index contributed by atoms with van der Waals surface area (Å²) < 4.78 is 4.63.